The summed E-state index contributed by atoms with van der Waals surface area (Å²) < 4.78 is 0. The molecule has 0 saturated heterocycles. The van der Waals surface area contributed by atoms with Crippen LogP contribution in [0.5, 0.6) is 0 Å². The van der Waals surface area contributed by atoms with E-state index in [1.165, 1.54) is 35.1 Å². The first-order valence-corrected chi connectivity index (χ1v) is 7.79. The van der Waals surface area contributed by atoms with Crippen LogP contribution < -0.4 is 0 Å². The molecule has 0 amide bonds. The highest BCUT2D eigenvalue weighted by Gasteiger charge is 2.01. The molecule has 2 aromatic rings. The largest absolute Gasteiger partial charge is 0.0654 e. The van der Waals surface area contributed by atoms with Crippen molar-refractivity contribution in [2.75, 3.05) is 0 Å². The second-order valence-electron chi connectivity index (χ2n) is 5.44. The minimum Gasteiger partial charge on any atom is -0.0654 e. The summed E-state index contributed by atoms with van der Waals surface area (Å²) >= 11 is 0. The number of benzene rings is 2. The average Bonchev–Trinajstić information content (AvgIpc) is 2.53. The molecule has 0 heteroatoms. The molecule has 0 N–H and O–H groups in total. The Morgan fingerprint density at radius 3 is 2.14 bits per heavy atom. The molecule has 0 radical (unpaired) electrons. The van der Waals surface area contributed by atoms with E-state index in [9.17, 15) is 0 Å². The summed E-state index contributed by atoms with van der Waals surface area (Å²) in [5.74, 6) is 0. The topological polar surface area (TPSA) is 0 Å². The van der Waals surface area contributed by atoms with Gasteiger partial charge in [-0.1, -0.05) is 91.7 Å². The number of hydrogen-bond acceptors (Lipinski definition) is 0. The molecule has 0 atom stereocenters. The van der Waals surface area contributed by atoms with Crippen molar-refractivity contribution in [3.05, 3.63) is 83.4 Å². The SMILES string of the molecule is CCCCC(=CC(C)=Cc1ccccc1)c1ccccc1. The molecule has 21 heavy (non-hydrogen) atoms. The molecule has 0 aromatic heterocycles. The normalized spacial score (nSPS) is 12.5. The van der Waals surface area contributed by atoms with E-state index >= 15 is 0 Å². The van der Waals surface area contributed by atoms with Gasteiger partial charge >= 0.3 is 0 Å². The van der Waals surface area contributed by atoms with E-state index in [1.807, 2.05) is 0 Å². The zero-order valence-corrected chi connectivity index (χ0v) is 13.0. The van der Waals surface area contributed by atoms with Gasteiger partial charge in [0.1, 0.15) is 0 Å². The van der Waals surface area contributed by atoms with Gasteiger partial charge in [-0.25, -0.2) is 0 Å². The zero-order chi connectivity index (χ0) is 14.9. The Labute approximate surface area is 128 Å². The third-order valence-corrected chi connectivity index (χ3v) is 3.54. The molecule has 0 unspecified atom stereocenters. The highest BCUT2D eigenvalue weighted by Crippen LogP contribution is 2.23. The van der Waals surface area contributed by atoms with E-state index in [4.69, 9.17) is 0 Å². The highest BCUT2D eigenvalue weighted by atomic mass is 14.1. The third kappa shape index (κ3) is 5.07. The van der Waals surface area contributed by atoms with Crippen molar-refractivity contribution < 1.29 is 0 Å². The molecule has 0 heterocycles. The Kier molecular flexibility index (Phi) is 6.02. The van der Waals surface area contributed by atoms with E-state index < -0.39 is 0 Å². The highest BCUT2D eigenvalue weighted by molar-refractivity contribution is 5.70. The molecule has 0 saturated carbocycles. The summed E-state index contributed by atoms with van der Waals surface area (Å²) in [5, 5.41) is 0. The minimum atomic E-state index is 1.14. The standard InChI is InChI=1S/C21H24/c1-3-4-13-21(20-14-9-6-10-15-20)17-18(2)16-19-11-7-5-8-12-19/h5-12,14-17H,3-4,13H2,1-2H3. The van der Waals surface area contributed by atoms with Crippen molar-refractivity contribution in [1.82, 2.24) is 0 Å². The van der Waals surface area contributed by atoms with Crippen LogP contribution in [-0.4, -0.2) is 0 Å². The fraction of sp³-hybridized carbons (Fsp3) is 0.238. The van der Waals surface area contributed by atoms with Crippen LogP contribution in [0.25, 0.3) is 11.6 Å². The predicted molar refractivity (Wildman–Crippen MR) is 94.0 cm³/mol. The van der Waals surface area contributed by atoms with Crippen LogP contribution in [-0.2, 0) is 0 Å². The van der Waals surface area contributed by atoms with Gasteiger partial charge in [0.2, 0.25) is 0 Å². The van der Waals surface area contributed by atoms with Gasteiger partial charge < -0.3 is 0 Å². The molecule has 0 aliphatic rings. The van der Waals surface area contributed by atoms with E-state index in [1.54, 1.807) is 0 Å². The van der Waals surface area contributed by atoms with Crippen LogP contribution in [0, 0.1) is 0 Å². The fourth-order valence-corrected chi connectivity index (χ4v) is 2.45. The summed E-state index contributed by atoms with van der Waals surface area (Å²) in [6.07, 6.45) is 8.18. The first kappa shape index (κ1) is 15.3. The first-order valence-electron chi connectivity index (χ1n) is 7.79. The van der Waals surface area contributed by atoms with E-state index in [-0.39, 0.29) is 0 Å². The molecule has 2 aromatic carbocycles. The van der Waals surface area contributed by atoms with Crippen molar-refractivity contribution in [3.63, 3.8) is 0 Å². The lowest BCUT2D eigenvalue weighted by Gasteiger charge is -2.08. The van der Waals surface area contributed by atoms with Gasteiger partial charge in [0.05, 0.1) is 0 Å². The summed E-state index contributed by atoms with van der Waals surface area (Å²) in [6, 6.07) is 21.2. The van der Waals surface area contributed by atoms with Crippen molar-refractivity contribution in [2.45, 2.75) is 33.1 Å². The van der Waals surface area contributed by atoms with Crippen molar-refractivity contribution in [1.29, 1.82) is 0 Å². The first-order chi connectivity index (χ1) is 10.3. The van der Waals surface area contributed by atoms with Crippen LogP contribution in [0.2, 0.25) is 0 Å². The molecule has 2 rings (SSSR count). The summed E-state index contributed by atoms with van der Waals surface area (Å²) in [6.45, 7) is 4.43. The fourth-order valence-electron chi connectivity index (χ4n) is 2.45. The molecule has 0 bridgehead atoms. The molecule has 108 valence electrons. The Bertz CT molecular complexity index is 588. The molecular formula is C21H24. The molecule has 0 fully saturated rings. The molecular weight excluding hydrogens is 252 g/mol. The van der Waals surface area contributed by atoms with Gasteiger partial charge in [-0.15, -0.1) is 0 Å². The van der Waals surface area contributed by atoms with Crippen molar-refractivity contribution in [3.8, 4) is 0 Å². The lowest BCUT2D eigenvalue weighted by Crippen LogP contribution is -1.86. The van der Waals surface area contributed by atoms with Gasteiger partial charge in [-0.2, -0.15) is 0 Å². The van der Waals surface area contributed by atoms with Crippen LogP contribution in [0.1, 0.15) is 44.2 Å². The van der Waals surface area contributed by atoms with Crippen LogP contribution >= 0.6 is 0 Å². The van der Waals surface area contributed by atoms with Gasteiger partial charge in [0, 0.05) is 0 Å². The quantitative estimate of drug-likeness (QED) is 0.538. The Morgan fingerprint density at radius 1 is 0.905 bits per heavy atom. The maximum atomic E-state index is 2.33. The summed E-state index contributed by atoms with van der Waals surface area (Å²) in [5.41, 5.74) is 5.33. The molecule has 0 aliphatic carbocycles. The third-order valence-electron chi connectivity index (χ3n) is 3.54. The number of allylic oxidation sites excluding steroid dienone is 3. The summed E-state index contributed by atoms with van der Waals surface area (Å²) in [4.78, 5) is 0. The van der Waals surface area contributed by atoms with Crippen LogP contribution in [0.4, 0.5) is 0 Å². The average molecular weight is 276 g/mol. The Morgan fingerprint density at radius 2 is 1.52 bits per heavy atom. The van der Waals surface area contributed by atoms with Crippen molar-refractivity contribution in [2.24, 2.45) is 0 Å². The number of unbranched alkanes of at least 4 members (excludes halogenated alkanes) is 1. The Balaban J connectivity index is 2.25. The molecule has 0 nitrogen and oxygen atoms in total. The molecule has 0 spiro atoms. The van der Waals surface area contributed by atoms with E-state index in [0.29, 0.717) is 0 Å². The van der Waals surface area contributed by atoms with E-state index in [0.717, 1.165) is 6.42 Å². The smallest absolute Gasteiger partial charge is 0.0224 e. The molecule has 0 aliphatic heterocycles. The lowest BCUT2D eigenvalue weighted by molar-refractivity contribution is 0.824. The van der Waals surface area contributed by atoms with Gasteiger partial charge in [-0.3, -0.25) is 0 Å². The van der Waals surface area contributed by atoms with Gasteiger partial charge in [0.15, 0.2) is 0 Å². The monoisotopic (exact) mass is 276 g/mol. The predicted octanol–water partition coefficient (Wildman–Crippen LogP) is 6.36. The van der Waals surface area contributed by atoms with Crippen LogP contribution in [0.3, 0.4) is 0 Å². The second kappa shape index (κ2) is 8.26. The van der Waals surface area contributed by atoms with Crippen LogP contribution in [0.15, 0.2) is 72.3 Å². The van der Waals surface area contributed by atoms with E-state index in [2.05, 4.69) is 86.7 Å². The Hall–Kier alpha value is -2.08. The maximum absolute atomic E-state index is 2.33. The van der Waals surface area contributed by atoms with Gasteiger partial charge in [-0.05, 0) is 36.5 Å². The maximum Gasteiger partial charge on any atom is -0.0224 e. The second-order valence-corrected chi connectivity index (χ2v) is 5.44. The lowest BCUT2D eigenvalue weighted by atomic mass is 9.97. The van der Waals surface area contributed by atoms with Crippen molar-refractivity contribution >= 4 is 11.6 Å². The minimum absolute atomic E-state index is 1.14. The zero-order valence-electron chi connectivity index (χ0n) is 13.0. The number of rotatable bonds is 6. The summed E-state index contributed by atoms with van der Waals surface area (Å²) in [7, 11) is 0. The number of hydrogen-bond donors (Lipinski definition) is 0. The van der Waals surface area contributed by atoms with Gasteiger partial charge in [0.25, 0.3) is 0 Å².